The third kappa shape index (κ3) is 7.04. The zero-order chi connectivity index (χ0) is 22.9. The van der Waals surface area contributed by atoms with Gasteiger partial charge >= 0.3 is 0 Å². The van der Waals surface area contributed by atoms with Gasteiger partial charge in [-0.3, -0.25) is 9.88 Å². The molecule has 5 heteroatoms. The molecular formula is C28H34N2O3. The van der Waals surface area contributed by atoms with Crippen LogP contribution in [0.25, 0.3) is 11.1 Å². The fourth-order valence-electron chi connectivity index (χ4n) is 4.16. The molecule has 2 aromatic carbocycles. The van der Waals surface area contributed by atoms with Crippen molar-refractivity contribution in [1.82, 2.24) is 9.88 Å². The minimum atomic E-state index is -0.539. The molecule has 0 aliphatic carbocycles. The lowest BCUT2D eigenvalue weighted by Gasteiger charge is -2.20. The maximum Gasteiger partial charge on any atom is 0.122 e. The molecule has 2 unspecified atom stereocenters. The molecule has 4 rings (SSSR count). The van der Waals surface area contributed by atoms with Gasteiger partial charge in [0.05, 0.1) is 6.10 Å². The lowest BCUT2D eigenvalue weighted by Crippen LogP contribution is -2.29. The third-order valence-corrected chi connectivity index (χ3v) is 6.23. The molecule has 5 nitrogen and oxygen atoms in total. The fourth-order valence-corrected chi connectivity index (χ4v) is 4.16. The average molecular weight is 447 g/mol. The SMILES string of the molecule is CC(Oc1ccc(-c2ccc(OCCN3CCCC3)cc2)cc1)C(O)CCc1cccnc1. The summed E-state index contributed by atoms with van der Waals surface area (Å²) in [6, 6.07) is 20.2. The summed E-state index contributed by atoms with van der Waals surface area (Å²) < 4.78 is 11.9. The van der Waals surface area contributed by atoms with Gasteiger partial charge in [0.2, 0.25) is 0 Å². The van der Waals surface area contributed by atoms with Crippen LogP contribution in [0.1, 0.15) is 31.7 Å². The Hall–Kier alpha value is -2.89. The fraction of sp³-hybridized carbons (Fsp3) is 0.393. The molecule has 1 fully saturated rings. The van der Waals surface area contributed by atoms with E-state index in [0.29, 0.717) is 6.42 Å². The van der Waals surface area contributed by atoms with Crippen LogP contribution in [0.3, 0.4) is 0 Å². The van der Waals surface area contributed by atoms with Gasteiger partial charge in [0.15, 0.2) is 0 Å². The van der Waals surface area contributed by atoms with E-state index in [4.69, 9.17) is 9.47 Å². The third-order valence-electron chi connectivity index (χ3n) is 6.23. The Bertz CT molecular complexity index is 955. The van der Waals surface area contributed by atoms with Crippen LogP contribution in [0.5, 0.6) is 11.5 Å². The van der Waals surface area contributed by atoms with E-state index >= 15 is 0 Å². The second kappa shape index (κ2) is 11.8. The summed E-state index contributed by atoms with van der Waals surface area (Å²) in [6.45, 7) is 6.04. The molecule has 2 heterocycles. The van der Waals surface area contributed by atoms with Crippen LogP contribution >= 0.6 is 0 Å². The average Bonchev–Trinajstić information content (AvgIpc) is 3.38. The summed E-state index contributed by atoms with van der Waals surface area (Å²) in [5.41, 5.74) is 3.38. The van der Waals surface area contributed by atoms with E-state index < -0.39 is 6.10 Å². The van der Waals surface area contributed by atoms with Gasteiger partial charge < -0.3 is 14.6 Å². The highest BCUT2D eigenvalue weighted by atomic mass is 16.5. The maximum atomic E-state index is 10.5. The first-order chi connectivity index (χ1) is 16.2. The molecule has 174 valence electrons. The molecule has 1 aliphatic rings. The minimum Gasteiger partial charge on any atom is -0.492 e. The molecule has 1 saturated heterocycles. The minimum absolute atomic E-state index is 0.287. The number of ether oxygens (including phenoxy) is 2. The van der Waals surface area contributed by atoms with Crippen molar-refractivity contribution in [2.75, 3.05) is 26.2 Å². The number of aliphatic hydroxyl groups is 1. The number of benzene rings is 2. The van der Waals surface area contributed by atoms with Crippen molar-refractivity contribution >= 4 is 0 Å². The van der Waals surface area contributed by atoms with Gasteiger partial charge in [0, 0.05) is 18.9 Å². The van der Waals surface area contributed by atoms with E-state index in [9.17, 15) is 5.11 Å². The summed E-state index contributed by atoms with van der Waals surface area (Å²) in [7, 11) is 0. The van der Waals surface area contributed by atoms with Crippen molar-refractivity contribution in [3.63, 3.8) is 0 Å². The molecule has 0 amide bonds. The summed E-state index contributed by atoms with van der Waals surface area (Å²) >= 11 is 0. The molecule has 0 radical (unpaired) electrons. The van der Waals surface area contributed by atoms with Gasteiger partial charge in [-0.15, -0.1) is 0 Å². The first kappa shape index (κ1) is 23.3. The maximum absolute atomic E-state index is 10.5. The Morgan fingerprint density at radius 2 is 1.61 bits per heavy atom. The second-order valence-corrected chi connectivity index (χ2v) is 8.74. The highest BCUT2D eigenvalue weighted by Crippen LogP contribution is 2.25. The van der Waals surface area contributed by atoms with Crippen LogP contribution in [0.15, 0.2) is 73.1 Å². The lowest BCUT2D eigenvalue weighted by molar-refractivity contribution is 0.0420. The highest BCUT2D eigenvalue weighted by molar-refractivity contribution is 5.64. The molecule has 33 heavy (non-hydrogen) atoms. The number of likely N-dealkylation sites (tertiary alicyclic amines) is 1. The number of hydrogen-bond donors (Lipinski definition) is 1. The topological polar surface area (TPSA) is 54.8 Å². The van der Waals surface area contributed by atoms with Crippen LogP contribution in [0.4, 0.5) is 0 Å². The zero-order valence-corrected chi connectivity index (χ0v) is 19.4. The summed E-state index contributed by atoms with van der Waals surface area (Å²) in [4.78, 5) is 6.58. The molecule has 1 N–H and O–H groups in total. The van der Waals surface area contributed by atoms with Crippen LogP contribution < -0.4 is 9.47 Å². The number of rotatable bonds is 11. The zero-order valence-electron chi connectivity index (χ0n) is 19.4. The Morgan fingerprint density at radius 1 is 0.939 bits per heavy atom. The molecule has 1 aliphatic heterocycles. The van der Waals surface area contributed by atoms with Crippen molar-refractivity contribution in [2.24, 2.45) is 0 Å². The summed E-state index contributed by atoms with van der Waals surface area (Å²) in [5.74, 6) is 1.67. The van der Waals surface area contributed by atoms with Crippen molar-refractivity contribution < 1.29 is 14.6 Å². The van der Waals surface area contributed by atoms with Crippen molar-refractivity contribution in [3.8, 4) is 22.6 Å². The number of pyridine rings is 1. The Balaban J connectivity index is 1.24. The van der Waals surface area contributed by atoms with Crippen molar-refractivity contribution in [1.29, 1.82) is 0 Å². The standard InChI is InChI=1S/C28H34N2O3/c1-22(28(31)15-6-23-5-4-16-29-21-23)33-27-13-9-25(10-14-27)24-7-11-26(12-8-24)32-20-19-30-17-2-3-18-30/h4-5,7-14,16,21-22,28,31H,2-3,6,15,17-20H2,1H3. The van der Waals surface area contributed by atoms with Crippen LogP contribution in [-0.2, 0) is 6.42 Å². The molecule has 0 spiro atoms. The van der Waals surface area contributed by atoms with Crippen LogP contribution in [0.2, 0.25) is 0 Å². The normalized spacial score (nSPS) is 15.8. The van der Waals surface area contributed by atoms with Gasteiger partial charge in [-0.25, -0.2) is 0 Å². The Labute approximate surface area is 197 Å². The van der Waals surface area contributed by atoms with E-state index in [-0.39, 0.29) is 6.10 Å². The number of aryl methyl sites for hydroxylation is 1. The molecule has 1 aromatic heterocycles. The van der Waals surface area contributed by atoms with Gasteiger partial charge in [-0.05, 0) is 92.7 Å². The summed E-state index contributed by atoms with van der Waals surface area (Å²) in [6.07, 6.45) is 6.80. The molecule has 3 aromatic rings. The van der Waals surface area contributed by atoms with Gasteiger partial charge in [-0.2, -0.15) is 0 Å². The van der Waals surface area contributed by atoms with E-state index in [1.54, 1.807) is 6.20 Å². The lowest BCUT2D eigenvalue weighted by atomic mass is 10.0. The van der Waals surface area contributed by atoms with Crippen molar-refractivity contribution in [2.45, 2.75) is 44.8 Å². The van der Waals surface area contributed by atoms with E-state index in [1.807, 2.05) is 61.7 Å². The van der Waals surface area contributed by atoms with E-state index in [1.165, 1.54) is 25.9 Å². The number of aromatic nitrogens is 1. The molecule has 0 saturated carbocycles. The number of hydrogen-bond acceptors (Lipinski definition) is 5. The first-order valence-corrected chi connectivity index (χ1v) is 12.0. The van der Waals surface area contributed by atoms with Gasteiger partial charge in [-0.1, -0.05) is 30.3 Å². The highest BCUT2D eigenvalue weighted by Gasteiger charge is 2.16. The van der Waals surface area contributed by atoms with Crippen LogP contribution in [0, 0.1) is 0 Å². The van der Waals surface area contributed by atoms with E-state index in [0.717, 1.165) is 47.8 Å². The molecule has 0 bridgehead atoms. The largest absolute Gasteiger partial charge is 0.492 e. The quantitative estimate of drug-likeness (QED) is 0.450. The Kier molecular flexibility index (Phi) is 8.34. The van der Waals surface area contributed by atoms with Crippen molar-refractivity contribution in [3.05, 3.63) is 78.6 Å². The monoisotopic (exact) mass is 446 g/mol. The molecular weight excluding hydrogens is 412 g/mol. The van der Waals surface area contributed by atoms with E-state index in [2.05, 4.69) is 22.0 Å². The molecule has 2 atom stereocenters. The first-order valence-electron chi connectivity index (χ1n) is 12.0. The predicted octanol–water partition coefficient (Wildman–Crippen LogP) is 4.98. The van der Waals surface area contributed by atoms with Gasteiger partial charge in [0.1, 0.15) is 24.2 Å². The Morgan fingerprint density at radius 3 is 2.24 bits per heavy atom. The number of aliphatic hydroxyl groups excluding tert-OH is 1. The number of nitrogens with zero attached hydrogens (tertiary/aromatic N) is 2. The second-order valence-electron chi connectivity index (χ2n) is 8.74. The summed E-state index contributed by atoms with van der Waals surface area (Å²) in [5, 5.41) is 10.5. The predicted molar refractivity (Wildman–Crippen MR) is 132 cm³/mol. The van der Waals surface area contributed by atoms with Crippen LogP contribution in [-0.4, -0.2) is 53.4 Å². The smallest absolute Gasteiger partial charge is 0.122 e. The van der Waals surface area contributed by atoms with Gasteiger partial charge in [0.25, 0.3) is 0 Å².